The number of rotatable bonds is 8. The van der Waals surface area contributed by atoms with Crippen LogP contribution in [-0.2, 0) is 32.3 Å². The predicted octanol–water partition coefficient (Wildman–Crippen LogP) is 5.11. The van der Waals surface area contributed by atoms with Gasteiger partial charge in [0.1, 0.15) is 6.04 Å². The third kappa shape index (κ3) is 11.3. The molecular weight excluding hydrogens is 810 g/mol. The van der Waals surface area contributed by atoms with Gasteiger partial charge in [-0.15, -0.1) is 0 Å². The molecule has 0 bridgehead atoms. The molecule has 3 saturated heterocycles. The van der Waals surface area contributed by atoms with Gasteiger partial charge in [0.2, 0.25) is 5.91 Å². The standard InChI is InChI=1S/C42H56N8O5.C2HF3O2/c1-28-22-29(23-32-26-43-50(37(28)32)27-55-40(53)42(2,3)4)24-36(39(52)48-20-18-47(19-21-48)33-12-14-46(5)15-13-33)45-41(54)49-16-10-30(11-17-49)34-25-31-8-6-7-9-35(31)44-38(34)51;3-2(4,5)1(6)7/h6-9,22-23,25-26,30,33,36H,10-21,24,27H2,1-5H3,(H,44,51)(H,45,54);(H,6,7). The van der Waals surface area contributed by atoms with Crippen molar-refractivity contribution >= 4 is 45.7 Å². The normalized spacial score (nSPS) is 18.0. The van der Waals surface area contributed by atoms with Crippen molar-refractivity contribution in [2.45, 2.75) is 90.7 Å². The number of halogens is 3. The van der Waals surface area contributed by atoms with Gasteiger partial charge in [-0.25, -0.2) is 14.3 Å². The lowest BCUT2D eigenvalue weighted by atomic mass is 9.89. The van der Waals surface area contributed by atoms with Crippen molar-refractivity contribution in [3.63, 3.8) is 0 Å². The van der Waals surface area contributed by atoms with Gasteiger partial charge in [0.05, 0.1) is 17.1 Å². The number of fused-ring (bicyclic) bond motifs is 2. The van der Waals surface area contributed by atoms with Gasteiger partial charge in [0.25, 0.3) is 5.56 Å². The number of urea groups is 1. The molecule has 3 N–H and O–H groups in total. The molecule has 3 amide bonds. The molecule has 3 aliphatic rings. The molecule has 4 aromatic rings. The van der Waals surface area contributed by atoms with E-state index in [4.69, 9.17) is 14.6 Å². The largest absolute Gasteiger partial charge is 0.490 e. The van der Waals surface area contributed by atoms with Crippen molar-refractivity contribution in [2.75, 3.05) is 59.4 Å². The highest BCUT2D eigenvalue weighted by molar-refractivity contribution is 5.88. The average Bonchev–Trinajstić information content (AvgIpc) is 3.65. The Labute approximate surface area is 358 Å². The minimum Gasteiger partial charge on any atom is -0.475 e. The Morgan fingerprint density at radius 1 is 0.903 bits per heavy atom. The Bertz CT molecular complexity index is 2300. The van der Waals surface area contributed by atoms with Gasteiger partial charge in [-0.05, 0) is 114 Å². The van der Waals surface area contributed by atoms with Gasteiger partial charge < -0.3 is 34.8 Å². The molecule has 5 heterocycles. The molecule has 2 aromatic heterocycles. The maximum absolute atomic E-state index is 14.4. The van der Waals surface area contributed by atoms with Crippen molar-refractivity contribution in [1.29, 1.82) is 0 Å². The minimum atomic E-state index is -5.08. The third-order valence-electron chi connectivity index (χ3n) is 12.0. The first-order valence-corrected chi connectivity index (χ1v) is 21.1. The van der Waals surface area contributed by atoms with Crippen LogP contribution in [0.2, 0.25) is 0 Å². The topological polar surface area (TPSA) is 173 Å². The van der Waals surface area contributed by atoms with Crippen LogP contribution < -0.4 is 10.9 Å². The van der Waals surface area contributed by atoms with Crippen LogP contribution in [0.25, 0.3) is 21.8 Å². The second-order valence-corrected chi connectivity index (χ2v) is 17.6. The summed E-state index contributed by atoms with van der Waals surface area (Å²) < 4.78 is 39.0. The highest BCUT2D eigenvalue weighted by Crippen LogP contribution is 2.28. The number of aliphatic carboxylic acids is 1. The van der Waals surface area contributed by atoms with E-state index in [1.165, 1.54) is 0 Å². The fourth-order valence-electron chi connectivity index (χ4n) is 8.50. The summed E-state index contributed by atoms with van der Waals surface area (Å²) in [5.41, 5.74) is 3.58. The fourth-order valence-corrected chi connectivity index (χ4v) is 8.50. The number of carbonyl (C=O) groups excluding carboxylic acids is 3. The van der Waals surface area contributed by atoms with Gasteiger partial charge in [0, 0.05) is 68.2 Å². The van der Waals surface area contributed by atoms with Crippen molar-refractivity contribution in [3.8, 4) is 0 Å². The maximum atomic E-state index is 14.4. The number of para-hydroxylation sites is 1. The van der Waals surface area contributed by atoms with Crippen LogP contribution in [0.1, 0.15) is 69.1 Å². The zero-order valence-corrected chi connectivity index (χ0v) is 36.0. The van der Waals surface area contributed by atoms with Gasteiger partial charge in [-0.1, -0.05) is 24.3 Å². The van der Waals surface area contributed by atoms with Crippen LogP contribution in [0, 0.1) is 12.3 Å². The number of hydrogen-bond donors (Lipinski definition) is 3. The van der Waals surface area contributed by atoms with Gasteiger partial charge in [0.15, 0.2) is 6.73 Å². The second-order valence-electron chi connectivity index (χ2n) is 17.6. The van der Waals surface area contributed by atoms with E-state index in [0.29, 0.717) is 51.5 Å². The van der Waals surface area contributed by atoms with Crippen LogP contribution in [0.3, 0.4) is 0 Å². The molecule has 3 fully saturated rings. The first-order chi connectivity index (χ1) is 29.3. The molecule has 1 unspecified atom stereocenters. The van der Waals surface area contributed by atoms with E-state index in [0.717, 1.165) is 77.5 Å². The van der Waals surface area contributed by atoms with E-state index in [-0.39, 0.29) is 36.1 Å². The fraction of sp³-hybridized carbons (Fsp3) is 0.545. The molecule has 0 saturated carbocycles. The van der Waals surface area contributed by atoms with E-state index in [2.05, 4.69) is 32.2 Å². The third-order valence-corrected chi connectivity index (χ3v) is 12.0. The number of aromatic amines is 1. The number of piperazine rings is 1. The van der Waals surface area contributed by atoms with Crippen LogP contribution in [-0.4, -0.2) is 141 Å². The van der Waals surface area contributed by atoms with E-state index < -0.39 is 23.6 Å². The van der Waals surface area contributed by atoms with Crippen LogP contribution in [0.5, 0.6) is 0 Å². The lowest BCUT2D eigenvalue weighted by molar-refractivity contribution is -0.192. The summed E-state index contributed by atoms with van der Waals surface area (Å²) in [4.78, 5) is 74.3. The smallest absolute Gasteiger partial charge is 0.475 e. The molecule has 0 spiro atoms. The summed E-state index contributed by atoms with van der Waals surface area (Å²) in [6.07, 6.45) is 0.608. The van der Waals surface area contributed by atoms with E-state index in [1.807, 2.05) is 75.1 Å². The molecule has 7 rings (SSSR count). The number of hydrogen-bond acceptors (Lipinski definition) is 9. The molecule has 0 aliphatic carbocycles. The summed E-state index contributed by atoms with van der Waals surface area (Å²) in [5, 5.41) is 16.7. The number of carboxylic acids is 1. The zero-order valence-electron chi connectivity index (χ0n) is 36.0. The Kier molecular flexibility index (Phi) is 14.3. The molecule has 62 heavy (non-hydrogen) atoms. The number of esters is 1. The number of piperidine rings is 2. The monoisotopic (exact) mass is 866 g/mol. The summed E-state index contributed by atoms with van der Waals surface area (Å²) in [7, 11) is 2.17. The van der Waals surface area contributed by atoms with E-state index in [9.17, 15) is 32.3 Å². The number of aromatic nitrogens is 3. The average molecular weight is 867 g/mol. The summed E-state index contributed by atoms with van der Waals surface area (Å²) in [5.74, 6) is -3.09. The van der Waals surface area contributed by atoms with E-state index in [1.54, 1.807) is 15.8 Å². The Morgan fingerprint density at radius 3 is 2.18 bits per heavy atom. The molecule has 3 aliphatic heterocycles. The van der Waals surface area contributed by atoms with Gasteiger partial charge in [-0.2, -0.15) is 18.3 Å². The summed E-state index contributed by atoms with van der Waals surface area (Å²) in [6.45, 7) is 13.5. The van der Waals surface area contributed by atoms with Crippen molar-refractivity contribution in [3.05, 3.63) is 75.7 Å². The van der Waals surface area contributed by atoms with Crippen LogP contribution in [0.15, 0.2) is 53.5 Å². The summed E-state index contributed by atoms with van der Waals surface area (Å²) >= 11 is 0. The number of amides is 3. The number of benzene rings is 2. The number of H-pyrrole nitrogens is 1. The number of carbonyl (C=O) groups is 4. The number of pyridine rings is 1. The first kappa shape index (κ1) is 46.0. The quantitative estimate of drug-likeness (QED) is 0.202. The number of alkyl halides is 3. The van der Waals surface area contributed by atoms with Crippen LogP contribution >= 0.6 is 0 Å². The number of nitrogens with zero attached hydrogens (tertiary/aromatic N) is 6. The highest BCUT2D eigenvalue weighted by atomic mass is 19.4. The second kappa shape index (κ2) is 19.3. The number of aryl methyl sites for hydroxylation is 1. The van der Waals surface area contributed by atoms with Gasteiger partial charge in [-0.3, -0.25) is 19.3 Å². The Balaban J connectivity index is 0.000000845. The number of ether oxygens (including phenoxy) is 1. The molecule has 18 heteroatoms. The lowest BCUT2D eigenvalue weighted by Gasteiger charge is -2.43. The SMILES string of the molecule is Cc1cc(CC(NC(=O)N2CCC(c3cc4ccccc4[nH]c3=O)CC2)C(=O)N2CCN(C3CCN(C)CC3)CC2)cc2cnn(COC(=O)C(C)(C)C)c12.O=C(O)C(F)(F)F. The van der Waals surface area contributed by atoms with Gasteiger partial charge >= 0.3 is 24.1 Å². The molecule has 15 nitrogen and oxygen atoms in total. The van der Waals surface area contributed by atoms with Crippen molar-refractivity contribution in [1.82, 2.24) is 39.7 Å². The van der Waals surface area contributed by atoms with Crippen molar-refractivity contribution < 1.29 is 42.2 Å². The summed E-state index contributed by atoms with van der Waals surface area (Å²) in [6, 6.07) is 13.3. The molecule has 1 atom stereocenters. The number of nitrogens with one attached hydrogen (secondary N) is 2. The molecule has 0 radical (unpaired) electrons. The zero-order chi connectivity index (χ0) is 44.9. The Hall–Kier alpha value is -5.49. The molecule has 336 valence electrons. The highest BCUT2D eigenvalue weighted by Gasteiger charge is 2.38. The number of carboxylic acid groups (broad SMARTS) is 1. The van der Waals surface area contributed by atoms with Crippen molar-refractivity contribution in [2.24, 2.45) is 5.41 Å². The Morgan fingerprint density at radius 2 is 1.55 bits per heavy atom. The van der Waals surface area contributed by atoms with E-state index >= 15 is 0 Å². The maximum Gasteiger partial charge on any atom is 0.490 e. The first-order valence-electron chi connectivity index (χ1n) is 21.1. The predicted molar refractivity (Wildman–Crippen MR) is 227 cm³/mol. The minimum absolute atomic E-state index is 0.00638. The lowest BCUT2D eigenvalue weighted by Crippen LogP contribution is -2.59. The molecule has 2 aromatic carbocycles. The molecular formula is C44H57F3N8O7. The number of likely N-dealkylation sites (tertiary alicyclic amines) is 2. The van der Waals surface area contributed by atoms with Crippen LogP contribution in [0.4, 0.5) is 18.0 Å².